The van der Waals surface area contributed by atoms with Crippen LogP contribution in [0.3, 0.4) is 0 Å². The van der Waals surface area contributed by atoms with Gasteiger partial charge in [0.05, 0.1) is 11.1 Å². The van der Waals surface area contributed by atoms with Crippen molar-refractivity contribution in [2.45, 2.75) is 26.8 Å². The molecule has 0 heterocycles. The minimum atomic E-state index is 0.0521. The number of rotatable bonds is 4. The second-order valence-corrected chi connectivity index (χ2v) is 7.10. The molecule has 2 aromatic carbocycles. The molecule has 0 radical (unpaired) electrons. The fourth-order valence-corrected chi connectivity index (χ4v) is 3.18. The van der Waals surface area contributed by atoms with Crippen LogP contribution in [0, 0.1) is 17.4 Å². The van der Waals surface area contributed by atoms with Gasteiger partial charge in [-0.05, 0) is 83.4 Å². The molecule has 1 unspecified atom stereocenters. The van der Waals surface area contributed by atoms with E-state index in [9.17, 15) is 0 Å². The molecule has 0 bridgehead atoms. The Morgan fingerprint density at radius 1 is 1.05 bits per heavy atom. The highest BCUT2D eigenvalue weighted by atomic mass is 127. The molecule has 0 aliphatic carbocycles. The molecule has 0 aromatic heterocycles. The molecule has 0 saturated carbocycles. The summed E-state index contributed by atoms with van der Waals surface area (Å²) in [5, 5.41) is 5.07. The van der Waals surface area contributed by atoms with Crippen LogP contribution in [-0.2, 0) is 0 Å². The summed E-state index contributed by atoms with van der Waals surface area (Å²) in [6, 6.07) is 10.4. The predicted molar refractivity (Wildman–Crippen MR) is 101 cm³/mol. The van der Waals surface area contributed by atoms with E-state index in [0.29, 0.717) is 0 Å². The lowest BCUT2D eigenvalue weighted by molar-refractivity contribution is 0.630. The van der Waals surface area contributed by atoms with Crippen molar-refractivity contribution >= 4 is 45.8 Å². The third-order valence-electron chi connectivity index (χ3n) is 3.61. The highest BCUT2D eigenvalue weighted by Gasteiger charge is 2.18. The van der Waals surface area contributed by atoms with Gasteiger partial charge in [0.1, 0.15) is 0 Å². The van der Waals surface area contributed by atoms with Crippen LogP contribution < -0.4 is 5.32 Å². The van der Waals surface area contributed by atoms with Crippen molar-refractivity contribution in [1.29, 1.82) is 0 Å². The van der Waals surface area contributed by atoms with Crippen molar-refractivity contribution in [2.75, 3.05) is 6.54 Å². The van der Waals surface area contributed by atoms with Crippen molar-refractivity contribution in [3.8, 4) is 0 Å². The van der Waals surface area contributed by atoms with E-state index in [-0.39, 0.29) is 6.04 Å². The summed E-state index contributed by atoms with van der Waals surface area (Å²) in [5.41, 5.74) is 4.68. The number of nitrogens with one attached hydrogen (secondary N) is 1. The number of aryl methyl sites for hydroxylation is 2. The van der Waals surface area contributed by atoms with Gasteiger partial charge in [-0.25, -0.2) is 0 Å². The van der Waals surface area contributed by atoms with E-state index in [0.717, 1.165) is 31.3 Å². The fourth-order valence-electron chi connectivity index (χ4n) is 2.33. The van der Waals surface area contributed by atoms with E-state index in [1.54, 1.807) is 0 Å². The number of hydrogen-bond acceptors (Lipinski definition) is 1. The van der Waals surface area contributed by atoms with Crippen LogP contribution in [-0.4, -0.2) is 6.54 Å². The first-order valence-electron chi connectivity index (χ1n) is 6.89. The van der Waals surface area contributed by atoms with Gasteiger partial charge in [-0.15, -0.1) is 0 Å². The number of halogens is 3. The normalized spacial score (nSPS) is 12.5. The Hall–Kier alpha value is -0.290. The van der Waals surface area contributed by atoms with Gasteiger partial charge < -0.3 is 5.32 Å². The zero-order chi connectivity index (χ0) is 15.6. The van der Waals surface area contributed by atoms with Crippen LogP contribution >= 0.6 is 45.8 Å². The summed E-state index contributed by atoms with van der Waals surface area (Å²) >= 11 is 15.0. The summed E-state index contributed by atoms with van der Waals surface area (Å²) in [4.78, 5) is 0. The third-order valence-corrected chi connectivity index (χ3v) is 5.51. The summed E-state index contributed by atoms with van der Waals surface area (Å²) in [6.07, 6.45) is 0. The Bertz CT molecular complexity index is 655. The first-order chi connectivity index (χ1) is 9.93. The minimum absolute atomic E-state index is 0.0521. The Kier molecular flexibility index (Phi) is 5.95. The molecule has 21 heavy (non-hydrogen) atoms. The number of benzene rings is 2. The second-order valence-electron chi connectivity index (χ2n) is 5.12. The zero-order valence-corrected chi connectivity index (χ0v) is 16.0. The van der Waals surface area contributed by atoms with Crippen LogP contribution in [0.15, 0.2) is 30.3 Å². The molecule has 112 valence electrons. The molecule has 2 rings (SSSR count). The average Bonchev–Trinajstić information content (AvgIpc) is 2.44. The van der Waals surface area contributed by atoms with Crippen molar-refractivity contribution in [3.05, 3.63) is 66.2 Å². The molecule has 1 nitrogen and oxygen atoms in total. The van der Waals surface area contributed by atoms with Crippen molar-refractivity contribution < 1.29 is 0 Å². The van der Waals surface area contributed by atoms with Gasteiger partial charge >= 0.3 is 0 Å². The van der Waals surface area contributed by atoms with Gasteiger partial charge in [-0.2, -0.15) is 0 Å². The van der Waals surface area contributed by atoms with Gasteiger partial charge in [0, 0.05) is 8.59 Å². The molecule has 1 N–H and O–H groups in total. The predicted octanol–water partition coefficient (Wildman–Crippen LogP) is 5.91. The van der Waals surface area contributed by atoms with Crippen molar-refractivity contribution in [3.63, 3.8) is 0 Å². The molecular formula is C17H18Cl2IN. The standard InChI is InChI=1S/C17H18Cl2IN/c1-4-21-17(12-5-6-16(20)15(19)9-12)13-7-10(2)11(3)8-14(13)18/h5-9,17,21H,4H2,1-3H3. The largest absolute Gasteiger partial charge is 0.306 e. The minimum Gasteiger partial charge on any atom is -0.306 e. The maximum absolute atomic E-state index is 6.48. The van der Waals surface area contributed by atoms with Crippen LogP contribution in [0.25, 0.3) is 0 Å². The molecule has 4 heteroatoms. The van der Waals surface area contributed by atoms with Crippen LogP contribution in [0.4, 0.5) is 0 Å². The van der Waals surface area contributed by atoms with Crippen LogP contribution in [0.5, 0.6) is 0 Å². The summed E-state index contributed by atoms with van der Waals surface area (Å²) in [6.45, 7) is 7.14. The van der Waals surface area contributed by atoms with E-state index < -0.39 is 0 Å². The molecule has 0 fully saturated rings. The molecule has 2 aromatic rings. The second kappa shape index (κ2) is 7.32. The summed E-state index contributed by atoms with van der Waals surface area (Å²) < 4.78 is 1.06. The zero-order valence-electron chi connectivity index (χ0n) is 12.3. The van der Waals surface area contributed by atoms with Crippen molar-refractivity contribution in [1.82, 2.24) is 5.32 Å². The number of hydrogen-bond donors (Lipinski definition) is 1. The van der Waals surface area contributed by atoms with Gasteiger partial charge in [0.15, 0.2) is 0 Å². The molecule has 0 aliphatic heterocycles. The third kappa shape index (κ3) is 3.92. The van der Waals surface area contributed by atoms with Crippen molar-refractivity contribution in [2.24, 2.45) is 0 Å². The highest BCUT2D eigenvalue weighted by Crippen LogP contribution is 2.32. The summed E-state index contributed by atoms with van der Waals surface area (Å²) in [5.74, 6) is 0. The van der Waals surface area contributed by atoms with E-state index in [1.165, 1.54) is 11.1 Å². The van der Waals surface area contributed by atoms with Gasteiger partial charge in [-0.1, -0.05) is 42.3 Å². The lowest BCUT2D eigenvalue weighted by atomic mass is 9.95. The molecule has 0 spiro atoms. The SMILES string of the molecule is CCNC(c1ccc(I)c(Cl)c1)c1cc(C)c(C)cc1Cl. The first-order valence-corrected chi connectivity index (χ1v) is 8.72. The van der Waals surface area contributed by atoms with E-state index >= 15 is 0 Å². The van der Waals surface area contributed by atoms with Gasteiger partial charge in [0.2, 0.25) is 0 Å². The lowest BCUT2D eigenvalue weighted by Gasteiger charge is -2.22. The highest BCUT2D eigenvalue weighted by molar-refractivity contribution is 14.1. The Labute approximate surface area is 150 Å². The molecular weight excluding hydrogens is 416 g/mol. The van der Waals surface area contributed by atoms with E-state index in [2.05, 4.69) is 60.8 Å². The Morgan fingerprint density at radius 2 is 1.71 bits per heavy atom. The van der Waals surface area contributed by atoms with Crippen LogP contribution in [0.2, 0.25) is 10.0 Å². The van der Waals surface area contributed by atoms with Gasteiger partial charge in [0.25, 0.3) is 0 Å². The average molecular weight is 434 g/mol. The molecule has 0 aliphatic rings. The molecule has 1 atom stereocenters. The van der Waals surface area contributed by atoms with E-state index in [1.807, 2.05) is 18.2 Å². The maximum Gasteiger partial charge on any atom is 0.0592 e. The lowest BCUT2D eigenvalue weighted by Crippen LogP contribution is -2.22. The maximum atomic E-state index is 6.48. The van der Waals surface area contributed by atoms with Crippen LogP contribution in [0.1, 0.15) is 35.2 Å². The summed E-state index contributed by atoms with van der Waals surface area (Å²) in [7, 11) is 0. The first kappa shape index (κ1) is 17.1. The fraction of sp³-hybridized carbons (Fsp3) is 0.294. The molecule has 0 saturated heterocycles. The topological polar surface area (TPSA) is 12.0 Å². The molecule has 0 amide bonds. The Morgan fingerprint density at radius 3 is 2.33 bits per heavy atom. The quantitative estimate of drug-likeness (QED) is 0.590. The van der Waals surface area contributed by atoms with E-state index in [4.69, 9.17) is 23.2 Å². The Balaban J connectivity index is 2.52. The smallest absolute Gasteiger partial charge is 0.0592 e. The monoisotopic (exact) mass is 433 g/mol. The van der Waals surface area contributed by atoms with Gasteiger partial charge in [-0.3, -0.25) is 0 Å².